The Hall–Kier alpha value is -1.51. The average molecular weight is 178 g/mol. The van der Waals surface area contributed by atoms with Gasteiger partial charge in [-0.1, -0.05) is 6.07 Å². The Bertz CT molecular complexity index is 349. The summed E-state index contributed by atoms with van der Waals surface area (Å²) in [5, 5.41) is 18.5. The van der Waals surface area contributed by atoms with E-state index >= 15 is 0 Å². The lowest BCUT2D eigenvalue weighted by Gasteiger charge is -2.24. The predicted octanol–water partition coefficient (Wildman–Crippen LogP) is 1.54. The van der Waals surface area contributed by atoms with Gasteiger partial charge in [-0.2, -0.15) is 0 Å². The predicted molar refractivity (Wildman–Crippen MR) is 46.8 cm³/mol. The SMILES string of the molecule is O=C1CC(c2ccc(O)cc2O)C1. The van der Waals surface area contributed by atoms with Crippen molar-refractivity contribution in [2.24, 2.45) is 0 Å². The first-order valence-electron chi connectivity index (χ1n) is 4.20. The molecule has 0 aliphatic heterocycles. The van der Waals surface area contributed by atoms with Gasteiger partial charge in [0.2, 0.25) is 0 Å². The Morgan fingerprint density at radius 3 is 2.46 bits per heavy atom. The Balaban J connectivity index is 2.26. The number of rotatable bonds is 1. The first-order valence-corrected chi connectivity index (χ1v) is 4.20. The van der Waals surface area contributed by atoms with Gasteiger partial charge in [-0.05, 0) is 11.6 Å². The van der Waals surface area contributed by atoms with Gasteiger partial charge in [-0.25, -0.2) is 0 Å². The summed E-state index contributed by atoms with van der Waals surface area (Å²) in [4.78, 5) is 10.7. The van der Waals surface area contributed by atoms with Crippen molar-refractivity contribution in [1.82, 2.24) is 0 Å². The van der Waals surface area contributed by atoms with Gasteiger partial charge >= 0.3 is 0 Å². The van der Waals surface area contributed by atoms with E-state index in [0.717, 1.165) is 5.56 Å². The van der Waals surface area contributed by atoms with E-state index in [4.69, 9.17) is 5.11 Å². The van der Waals surface area contributed by atoms with Crippen LogP contribution in [0.3, 0.4) is 0 Å². The van der Waals surface area contributed by atoms with Crippen LogP contribution in [0.25, 0.3) is 0 Å². The van der Waals surface area contributed by atoms with E-state index in [9.17, 15) is 9.90 Å². The second-order valence-electron chi connectivity index (χ2n) is 3.39. The molecule has 0 saturated heterocycles. The van der Waals surface area contributed by atoms with Crippen LogP contribution in [0.15, 0.2) is 18.2 Å². The maximum absolute atomic E-state index is 10.7. The van der Waals surface area contributed by atoms with E-state index in [2.05, 4.69) is 0 Å². The Kier molecular flexibility index (Phi) is 1.72. The molecule has 2 rings (SSSR count). The highest BCUT2D eigenvalue weighted by Gasteiger charge is 2.29. The zero-order valence-electron chi connectivity index (χ0n) is 7.03. The number of aromatic hydroxyl groups is 2. The molecule has 1 aromatic carbocycles. The van der Waals surface area contributed by atoms with Crippen LogP contribution < -0.4 is 0 Å². The van der Waals surface area contributed by atoms with E-state index in [-0.39, 0.29) is 23.2 Å². The fraction of sp³-hybridized carbons (Fsp3) is 0.300. The number of benzene rings is 1. The summed E-state index contributed by atoms with van der Waals surface area (Å²) in [5.74, 6) is 0.509. The molecule has 0 heterocycles. The number of phenols is 2. The van der Waals surface area contributed by atoms with Gasteiger partial charge in [0.1, 0.15) is 17.3 Å². The summed E-state index contributed by atoms with van der Waals surface area (Å²) in [6.45, 7) is 0. The smallest absolute Gasteiger partial charge is 0.134 e. The molecule has 0 unspecified atom stereocenters. The first-order chi connectivity index (χ1) is 6.16. The number of Topliss-reactive ketones (excluding diaryl/α,β-unsaturated/α-hetero) is 1. The molecule has 0 amide bonds. The molecular formula is C10H10O3. The zero-order valence-corrected chi connectivity index (χ0v) is 7.03. The molecule has 0 radical (unpaired) electrons. The second kappa shape index (κ2) is 2.76. The summed E-state index contributed by atoms with van der Waals surface area (Å²) in [6.07, 6.45) is 1.02. The lowest BCUT2D eigenvalue weighted by Crippen LogP contribution is -2.21. The van der Waals surface area contributed by atoms with Crippen molar-refractivity contribution in [1.29, 1.82) is 0 Å². The number of hydrogen-bond acceptors (Lipinski definition) is 3. The summed E-state index contributed by atoms with van der Waals surface area (Å²) < 4.78 is 0. The van der Waals surface area contributed by atoms with Crippen molar-refractivity contribution in [3.8, 4) is 11.5 Å². The normalized spacial score (nSPS) is 17.1. The molecule has 3 nitrogen and oxygen atoms in total. The maximum atomic E-state index is 10.7. The lowest BCUT2D eigenvalue weighted by molar-refractivity contribution is -0.124. The van der Waals surface area contributed by atoms with E-state index in [1.807, 2.05) is 0 Å². The summed E-state index contributed by atoms with van der Waals surface area (Å²) in [6, 6.07) is 4.50. The van der Waals surface area contributed by atoms with Gasteiger partial charge in [0.15, 0.2) is 0 Å². The quantitative estimate of drug-likeness (QED) is 0.685. The highest BCUT2D eigenvalue weighted by atomic mass is 16.3. The molecular weight excluding hydrogens is 168 g/mol. The third-order valence-corrected chi connectivity index (χ3v) is 2.40. The minimum absolute atomic E-state index is 0.0481. The van der Waals surface area contributed by atoms with Crippen LogP contribution in [0.1, 0.15) is 24.3 Å². The monoisotopic (exact) mass is 178 g/mol. The summed E-state index contributed by atoms with van der Waals surface area (Å²) in [5.41, 5.74) is 0.761. The third-order valence-electron chi connectivity index (χ3n) is 2.40. The molecule has 1 aromatic rings. The Morgan fingerprint density at radius 1 is 1.23 bits per heavy atom. The molecule has 13 heavy (non-hydrogen) atoms. The van der Waals surface area contributed by atoms with Crippen molar-refractivity contribution in [2.75, 3.05) is 0 Å². The Labute approximate surface area is 75.6 Å². The third kappa shape index (κ3) is 1.37. The Morgan fingerprint density at radius 2 is 1.92 bits per heavy atom. The molecule has 0 aromatic heterocycles. The number of carbonyl (C=O) groups is 1. The number of ketones is 1. The van der Waals surface area contributed by atoms with Crippen LogP contribution in [-0.2, 0) is 4.79 Å². The van der Waals surface area contributed by atoms with Crippen LogP contribution in [-0.4, -0.2) is 16.0 Å². The van der Waals surface area contributed by atoms with Gasteiger partial charge in [-0.15, -0.1) is 0 Å². The number of carbonyl (C=O) groups excluding carboxylic acids is 1. The molecule has 2 N–H and O–H groups in total. The van der Waals surface area contributed by atoms with E-state index in [1.165, 1.54) is 12.1 Å². The van der Waals surface area contributed by atoms with Gasteiger partial charge in [0, 0.05) is 24.8 Å². The van der Waals surface area contributed by atoms with Crippen LogP contribution in [0.2, 0.25) is 0 Å². The van der Waals surface area contributed by atoms with Crippen molar-refractivity contribution in [3.63, 3.8) is 0 Å². The van der Waals surface area contributed by atoms with Crippen LogP contribution in [0, 0.1) is 0 Å². The molecule has 1 fully saturated rings. The average Bonchev–Trinajstić information content (AvgIpc) is 2.00. The molecule has 1 saturated carbocycles. The van der Waals surface area contributed by atoms with Crippen molar-refractivity contribution in [2.45, 2.75) is 18.8 Å². The van der Waals surface area contributed by atoms with Gasteiger partial charge < -0.3 is 10.2 Å². The van der Waals surface area contributed by atoms with Crippen molar-refractivity contribution >= 4 is 5.78 Å². The van der Waals surface area contributed by atoms with Crippen LogP contribution in [0.5, 0.6) is 11.5 Å². The minimum atomic E-state index is 0.0481. The van der Waals surface area contributed by atoms with Crippen LogP contribution in [0.4, 0.5) is 0 Å². The molecule has 0 spiro atoms. The minimum Gasteiger partial charge on any atom is -0.508 e. The molecule has 0 atom stereocenters. The highest BCUT2D eigenvalue weighted by molar-refractivity contribution is 5.86. The van der Waals surface area contributed by atoms with Crippen molar-refractivity contribution in [3.05, 3.63) is 23.8 Å². The van der Waals surface area contributed by atoms with Crippen LogP contribution >= 0.6 is 0 Å². The fourth-order valence-electron chi connectivity index (χ4n) is 1.59. The van der Waals surface area contributed by atoms with E-state index in [1.54, 1.807) is 6.07 Å². The molecule has 68 valence electrons. The van der Waals surface area contributed by atoms with Gasteiger partial charge in [0.25, 0.3) is 0 Å². The zero-order chi connectivity index (χ0) is 9.42. The van der Waals surface area contributed by atoms with E-state index < -0.39 is 0 Å². The van der Waals surface area contributed by atoms with E-state index in [0.29, 0.717) is 12.8 Å². The number of hydrogen-bond donors (Lipinski definition) is 2. The highest BCUT2D eigenvalue weighted by Crippen LogP contribution is 2.39. The lowest BCUT2D eigenvalue weighted by atomic mass is 9.78. The molecule has 3 heteroatoms. The first kappa shape index (κ1) is 8.10. The summed E-state index contributed by atoms with van der Waals surface area (Å²) >= 11 is 0. The molecule has 1 aliphatic rings. The molecule has 0 bridgehead atoms. The van der Waals surface area contributed by atoms with Gasteiger partial charge in [0.05, 0.1) is 0 Å². The molecule has 1 aliphatic carbocycles. The fourth-order valence-corrected chi connectivity index (χ4v) is 1.59. The second-order valence-corrected chi connectivity index (χ2v) is 3.39. The van der Waals surface area contributed by atoms with Gasteiger partial charge in [-0.3, -0.25) is 4.79 Å². The standard InChI is InChI=1S/C10H10O3/c11-7-1-2-9(10(13)5-7)6-3-8(12)4-6/h1-2,5-6,11,13H,3-4H2. The summed E-state index contributed by atoms with van der Waals surface area (Å²) in [7, 11) is 0. The maximum Gasteiger partial charge on any atom is 0.134 e. The van der Waals surface area contributed by atoms with Crippen molar-refractivity contribution < 1.29 is 15.0 Å². The largest absolute Gasteiger partial charge is 0.508 e. The topological polar surface area (TPSA) is 57.5 Å². The number of phenolic OH excluding ortho intramolecular Hbond substituents is 2.